The summed E-state index contributed by atoms with van der Waals surface area (Å²) in [6, 6.07) is 19.5. The van der Waals surface area contributed by atoms with Gasteiger partial charge in [0.25, 0.3) is 0 Å². The van der Waals surface area contributed by atoms with Crippen molar-refractivity contribution >= 4 is 6.21 Å². The summed E-state index contributed by atoms with van der Waals surface area (Å²) in [6.07, 6.45) is -0.400. The van der Waals surface area contributed by atoms with Gasteiger partial charge in [-0.05, 0) is 19.4 Å². The van der Waals surface area contributed by atoms with Crippen molar-refractivity contribution in [3.05, 3.63) is 77.0 Å². The van der Waals surface area contributed by atoms with E-state index in [2.05, 4.69) is 0 Å². The molecule has 28 heavy (non-hydrogen) atoms. The molecule has 2 saturated heterocycles. The second kappa shape index (κ2) is 8.01. The number of hydroxylamine groups is 1. The molecule has 0 aliphatic carbocycles. The number of nitrogens with zero attached hydrogens (tertiary/aromatic N) is 1. The van der Waals surface area contributed by atoms with Gasteiger partial charge in [-0.25, -0.2) is 4.74 Å². The molecule has 0 radical (unpaired) electrons. The van der Waals surface area contributed by atoms with Gasteiger partial charge in [0.15, 0.2) is 30.9 Å². The summed E-state index contributed by atoms with van der Waals surface area (Å²) >= 11 is 0. The van der Waals surface area contributed by atoms with Crippen LogP contribution < -0.4 is 0 Å². The lowest BCUT2D eigenvalue weighted by atomic mass is 10.1. The molecule has 148 valence electrons. The number of benzene rings is 2. The highest BCUT2D eigenvalue weighted by Gasteiger charge is 2.56. The molecule has 2 aliphatic heterocycles. The number of ether oxygens (including phenoxy) is 4. The fraction of sp³-hybridized carbons (Fsp3) is 0.409. The predicted molar refractivity (Wildman–Crippen MR) is 104 cm³/mol. The first-order valence-electron chi connectivity index (χ1n) is 9.49. The van der Waals surface area contributed by atoms with Crippen LogP contribution in [0.15, 0.2) is 60.7 Å². The molecule has 0 saturated carbocycles. The van der Waals surface area contributed by atoms with E-state index < -0.39 is 24.3 Å². The summed E-state index contributed by atoms with van der Waals surface area (Å²) in [7, 11) is 0. The van der Waals surface area contributed by atoms with Crippen molar-refractivity contribution in [3.63, 3.8) is 0 Å². The smallest absolute Gasteiger partial charge is 0.190 e. The van der Waals surface area contributed by atoms with Crippen molar-refractivity contribution in [2.24, 2.45) is 0 Å². The van der Waals surface area contributed by atoms with Crippen LogP contribution in [0.5, 0.6) is 0 Å². The minimum Gasteiger partial charge on any atom is -0.624 e. The molecule has 0 aromatic heterocycles. The quantitative estimate of drug-likeness (QED) is 0.332. The van der Waals surface area contributed by atoms with Crippen LogP contribution in [0.3, 0.4) is 0 Å². The van der Waals surface area contributed by atoms with E-state index in [1.165, 1.54) is 6.21 Å². The lowest BCUT2D eigenvalue weighted by Crippen LogP contribution is -2.38. The first-order chi connectivity index (χ1) is 13.5. The van der Waals surface area contributed by atoms with Crippen LogP contribution in [0.1, 0.15) is 25.0 Å². The highest BCUT2D eigenvalue weighted by Crippen LogP contribution is 2.38. The van der Waals surface area contributed by atoms with E-state index in [4.69, 9.17) is 18.9 Å². The molecular formula is C22H25NO5. The van der Waals surface area contributed by atoms with Crippen molar-refractivity contribution in [1.29, 1.82) is 0 Å². The third kappa shape index (κ3) is 4.42. The molecule has 0 bridgehead atoms. The zero-order valence-corrected chi connectivity index (χ0v) is 16.1. The Morgan fingerprint density at radius 3 is 2.32 bits per heavy atom. The molecule has 1 unspecified atom stereocenters. The van der Waals surface area contributed by atoms with Crippen LogP contribution in [0.4, 0.5) is 0 Å². The highest BCUT2D eigenvalue weighted by molar-refractivity contribution is 5.60. The molecule has 4 rings (SSSR count). The van der Waals surface area contributed by atoms with Gasteiger partial charge in [-0.2, -0.15) is 0 Å². The van der Waals surface area contributed by atoms with Gasteiger partial charge in [-0.3, -0.25) is 0 Å². The van der Waals surface area contributed by atoms with Gasteiger partial charge < -0.3 is 24.2 Å². The fourth-order valence-electron chi connectivity index (χ4n) is 3.56. The van der Waals surface area contributed by atoms with E-state index in [0.717, 1.165) is 15.9 Å². The van der Waals surface area contributed by atoms with Crippen molar-refractivity contribution in [3.8, 4) is 0 Å². The monoisotopic (exact) mass is 383 g/mol. The first-order valence-corrected chi connectivity index (χ1v) is 9.49. The van der Waals surface area contributed by atoms with Crippen LogP contribution in [0.25, 0.3) is 0 Å². The standard InChI is InChI=1S/C22H25NO5/c1-22(2)27-20-19(25-15-17-11-7-4-8-12-17)18(26-21(20)28-22)14-23(24)13-16-9-5-3-6-10-16/h3-12,14,18-21H,13,15H2,1-2H3/b23-14-/t18?,19-,20-,21-/m1/s1. The summed E-state index contributed by atoms with van der Waals surface area (Å²) in [5.74, 6) is -0.740. The number of hydrogen-bond acceptors (Lipinski definition) is 5. The first kappa shape index (κ1) is 19.1. The summed E-state index contributed by atoms with van der Waals surface area (Å²) in [4.78, 5) is 0. The van der Waals surface area contributed by atoms with Gasteiger partial charge in [0.2, 0.25) is 0 Å². The maximum absolute atomic E-state index is 12.5. The number of fused-ring (bicyclic) bond motifs is 1. The zero-order chi connectivity index (χ0) is 19.6. The Morgan fingerprint density at radius 2 is 1.64 bits per heavy atom. The van der Waals surface area contributed by atoms with Gasteiger partial charge in [0.1, 0.15) is 12.2 Å². The highest BCUT2D eigenvalue weighted by atomic mass is 16.8. The summed E-state index contributed by atoms with van der Waals surface area (Å²) < 4.78 is 24.8. The van der Waals surface area contributed by atoms with E-state index in [1.807, 2.05) is 74.5 Å². The number of hydrogen-bond donors (Lipinski definition) is 0. The lowest BCUT2D eigenvalue weighted by molar-refractivity contribution is -0.473. The second-order valence-corrected chi connectivity index (χ2v) is 7.54. The molecule has 0 N–H and O–H groups in total. The minimum atomic E-state index is -0.740. The van der Waals surface area contributed by atoms with Gasteiger partial charge in [0.05, 0.1) is 6.61 Å². The van der Waals surface area contributed by atoms with Crippen LogP contribution in [0.2, 0.25) is 0 Å². The van der Waals surface area contributed by atoms with E-state index in [1.54, 1.807) is 0 Å². The minimum absolute atomic E-state index is 0.245. The second-order valence-electron chi connectivity index (χ2n) is 7.54. The maximum Gasteiger partial charge on any atom is 0.190 e. The molecule has 0 amide bonds. The third-order valence-corrected chi connectivity index (χ3v) is 4.81. The van der Waals surface area contributed by atoms with Crippen molar-refractivity contribution < 1.29 is 23.7 Å². The SMILES string of the molecule is CC1(C)O[C@H]2OC(/C=[N+](\[O-])Cc3ccccc3)[C@@H](OCc3ccccc3)[C@H]2O1. The van der Waals surface area contributed by atoms with Gasteiger partial charge >= 0.3 is 0 Å². The van der Waals surface area contributed by atoms with Crippen LogP contribution in [-0.2, 0) is 32.1 Å². The lowest BCUT2D eigenvalue weighted by Gasteiger charge is -2.24. The molecule has 0 spiro atoms. The van der Waals surface area contributed by atoms with E-state index in [9.17, 15) is 5.21 Å². The Balaban J connectivity index is 1.49. The molecule has 4 atom stereocenters. The predicted octanol–water partition coefficient (Wildman–Crippen LogP) is 3.23. The number of rotatable bonds is 6. The molecule has 2 fully saturated rings. The Labute approximate surface area is 164 Å². The van der Waals surface area contributed by atoms with Crippen LogP contribution in [-0.4, -0.2) is 41.3 Å². The van der Waals surface area contributed by atoms with Gasteiger partial charge in [-0.15, -0.1) is 0 Å². The zero-order valence-electron chi connectivity index (χ0n) is 16.1. The molecule has 2 heterocycles. The van der Waals surface area contributed by atoms with E-state index >= 15 is 0 Å². The van der Waals surface area contributed by atoms with Gasteiger partial charge in [0, 0.05) is 5.56 Å². The van der Waals surface area contributed by atoms with Crippen molar-refractivity contribution in [1.82, 2.24) is 0 Å². The molecule has 2 aromatic carbocycles. The average molecular weight is 383 g/mol. The Bertz CT molecular complexity index is 808. The van der Waals surface area contributed by atoms with E-state index in [-0.39, 0.29) is 12.6 Å². The molecule has 6 heteroatoms. The Morgan fingerprint density at radius 1 is 1.00 bits per heavy atom. The topological polar surface area (TPSA) is 63.0 Å². The fourth-order valence-corrected chi connectivity index (χ4v) is 3.56. The third-order valence-electron chi connectivity index (χ3n) is 4.81. The maximum atomic E-state index is 12.5. The molecular weight excluding hydrogens is 358 g/mol. The molecule has 6 nitrogen and oxygen atoms in total. The van der Waals surface area contributed by atoms with Crippen molar-refractivity contribution in [2.75, 3.05) is 0 Å². The van der Waals surface area contributed by atoms with Crippen LogP contribution in [0, 0.1) is 5.21 Å². The van der Waals surface area contributed by atoms with Gasteiger partial charge in [-0.1, -0.05) is 60.7 Å². The molecule has 2 aromatic rings. The summed E-state index contributed by atoms with van der Waals surface area (Å²) in [6.45, 7) is 4.34. The summed E-state index contributed by atoms with van der Waals surface area (Å²) in [5.41, 5.74) is 1.98. The largest absolute Gasteiger partial charge is 0.624 e. The normalized spacial score (nSPS) is 29.0. The summed E-state index contributed by atoms with van der Waals surface area (Å²) in [5, 5.41) is 12.5. The Kier molecular flexibility index (Phi) is 5.46. The van der Waals surface area contributed by atoms with Crippen LogP contribution >= 0.6 is 0 Å². The Hall–Kier alpha value is -2.25. The molecule has 2 aliphatic rings. The van der Waals surface area contributed by atoms with Crippen molar-refractivity contribution in [2.45, 2.75) is 57.4 Å². The average Bonchev–Trinajstić information content (AvgIpc) is 3.12. The van der Waals surface area contributed by atoms with E-state index in [0.29, 0.717) is 6.61 Å².